The summed E-state index contributed by atoms with van der Waals surface area (Å²) in [6, 6.07) is 0. The quantitative estimate of drug-likeness (QED) is 0.375. The van der Waals surface area contributed by atoms with E-state index in [0.717, 1.165) is 12.8 Å². The number of esters is 1. The zero-order valence-corrected chi connectivity index (χ0v) is 9.26. The van der Waals surface area contributed by atoms with Crippen LogP contribution in [-0.2, 0) is 14.6 Å². The smallest absolute Gasteiger partial charge is 0.333 e. The van der Waals surface area contributed by atoms with Crippen molar-refractivity contribution in [2.75, 3.05) is 6.61 Å². The third kappa shape index (κ3) is 7.80. The molecule has 0 rings (SSSR count). The highest BCUT2D eigenvalue weighted by Crippen LogP contribution is 2.12. The van der Waals surface area contributed by atoms with Gasteiger partial charge in [0.2, 0.25) is 0 Å². The molecular weight excluding hydrogens is 180 g/mol. The summed E-state index contributed by atoms with van der Waals surface area (Å²) in [4.78, 5) is 10.9. The lowest BCUT2D eigenvalue weighted by Crippen LogP contribution is -2.16. The van der Waals surface area contributed by atoms with E-state index in [2.05, 4.69) is 6.58 Å². The molecule has 1 radical (unpaired) electrons. The minimum absolute atomic E-state index is 0.355. The first-order valence-corrected chi connectivity index (χ1v) is 4.86. The first-order valence-electron chi connectivity index (χ1n) is 4.86. The standard InChI is InChI=1S/C11H19O3/c1-9(2)10(12)14-8-6-5-7-11(3,4)13/h1,5-8H2,2-4H3. The molecule has 3 heteroatoms. The van der Waals surface area contributed by atoms with Crippen LogP contribution >= 0.6 is 0 Å². The van der Waals surface area contributed by atoms with Crippen LogP contribution in [0.2, 0.25) is 0 Å². The number of hydrogen-bond donors (Lipinski definition) is 0. The van der Waals surface area contributed by atoms with Crippen LogP contribution in [0.4, 0.5) is 0 Å². The van der Waals surface area contributed by atoms with Gasteiger partial charge in [-0.3, -0.25) is 0 Å². The van der Waals surface area contributed by atoms with E-state index in [0.29, 0.717) is 18.6 Å². The van der Waals surface area contributed by atoms with E-state index in [1.54, 1.807) is 20.8 Å². The Hall–Kier alpha value is -0.830. The Labute approximate surface area is 85.8 Å². The maximum absolute atomic E-state index is 11.2. The predicted molar refractivity (Wildman–Crippen MR) is 54.4 cm³/mol. The third-order valence-corrected chi connectivity index (χ3v) is 1.75. The third-order valence-electron chi connectivity index (χ3n) is 1.75. The van der Waals surface area contributed by atoms with E-state index >= 15 is 0 Å². The molecule has 0 heterocycles. The maximum Gasteiger partial charge on any atom is 0.333 e. The van der Waals surface area contributed by atoms with Gasteiger partial charge in [-0.25, -0.2) is 9.90 Å². The number of carbonyl (C=O) groups excluding carboxylic acids is 1. The predicted octanol–water partition coefficient (Wildman–Crippen LogP) is 2.49. The van der Waals surface area contributed by atoms with Gasteiger partial charge in [-0.15, -0.1) is 0 Å². The van der Waals surface area contributed by atoms with Crippen molar-refractivity contribution in [2.24, 2.45) is 0 Å². The molecule has 0 N–H and O–H groups in total. The molecule has 0 aliphatic heterocycles. The van der Waals surface area contributed by atoms with Crippen LogP contribution in [0.5, 0.6) is 0 Å². The summed E-state index contributed by atoms with van der Waals surface area (Å²) in [6.07, 6.45) is 2.14. The van der Waals surface area contributed by atoms with E-state index in [-0.39, 0.29) is 5.97 Å². The molecule has 14 heavy (non-hydrogen) atoms. The van der Waals surface area contributed by atoms with Gasteiger partial charge in [0.05, 0.1) is 12.2 Å². The summed E-state index contributed by atoms with van der Waals surface area (Å²) in [5, 5.41) is 11.2. The first-order chi connectivity index (χ1) is 6.33. The monoisotopic (exact) mass is 199 g/mol. The molecule has 0 atom stereocenters. The Morgan fingerprint density at radius 1 is 1.36 bits per heavy atom. The summed E-state index contributed by atoms with van der Waals surface area (Å²) in [5.41, 5.74) is -0.465. The lowest BCUT2D eigenvalue weighted by molar-refractivity contribution is -0.139. The van der Waals surface area contributed by atoms with Gasteiger partial charge >= 0.3 is 5.97 Å². The van der Waals surface area contributed by atoms with Crippen LogP contribution in [0, 0.1) is 0 Å². The van der Waals surface area contributed by atoms with Crippen molar-refractivity contribution < 1.29 is 14.6 Å². The molecule has 3 nitrogen and oxygen atoms in total. The van der Waals surface area contributed by atoms with Crippen LogP contribution in [0.1, 0.15) is 40.0 Å². The number of unbranched alkanes of at least 4 members (excludes halogenated alkanes) is 1. The molecule has 0 aliphatic carbocycles. The average Bonchev–Trinajstić information content (AvgIpc) is 2.01. The van der Waals surface area contributed by atoms with Gasteiger partial charge in [-0.05, 0) is 40.0 Å². The zero-order chi connectivity index (χ0) is 11.2. The molecule has 0 saturated carbocycles. The number of ether oxygens (including phenoxy) is 1. The largest absolute Gasteiger partial charge is 0.462 e. The molecule has 0 saturated heterocycles. The minimum Gasteiger partial charge on any atom is -0.462 e. The van der Waals surface area contributed by atoms with Gasteiger partial charge in [0, 0.05) is 5.57 Å². The molecule has 0 amide bonds. The summed E-state index contributed by atoms with van der Waals surface area (Å²) in [5.74, 6) is -0.355. The van der Waals surface area contributed by atoms with Crippen molar-refractivity contribution >= 4 is 5.97 Å². The Kier molecular flexibility index (Phi) is 5.46. The SMILES string of the molecule is C=C(C)C(=O)OCCCCC(C)(C)[O]. The second-order valence-corrected chi connectivity index (χ2v) is 4.13. The van der Waals surface area contributed by atoms with E-state index < -0.39 is 5.60 Å². The van der Waals surface area contributed by atoms with Gasteiger partial charge in [0.25, 0.3) is 0 Å². The van der Waals surface area contributed by atoms with E-state index in [9.17, 15) is 9.90 Å². The fourth-order valence-electron chi connectivity index (χ4n) is 0.941. The van der Waals surface area contributed by atoms with Gasteiger partial charge in [0.1, 0.15) is 0 Å². The normalized spacial score (nSPS) is 11.1. The fraction of sp³-hybridized carbons (Fsp3) is 0.727. The number of hydrogen-bond acceptors (Lipinski definition) is 2. The topological polar surface area (TPSA) is 46.2 Å². The Balaban J connectivity index is 3.39. The summed E-state index contributed by atoms with van der Waals surface area (Å²) in [7, 11) is 0. The van der Waals surface area contributed by atoms with E-state index in [1.807, 2.05) is 0 Å². The molecule has 0 aromatic heterocycles. The molecule has 0 spiro atoms. The molecule has 0 aromatic carbocycles. The number of carbonyl (C=O) groups is 1. The molecule has 0 fully saturated rings. The Bertz CT molecular complexity index is 201. The lowest BCUT2D eigenvalue weighted by atomic mass is 10.0. The van der Waals surface area contributed by atoms with Gasteiger partial charge < -0.3 is 4.74 Å². The number of rotatable bonds is 6. The Morgan fingerprint density at radius 2 is 1.93 bits per heavy atom. The van der Waals surface area contributed by atoms with Crippen molar-refractivity contribution in [1.29, 1.82) is 0 Å². The van der Waals surface area contributed by atoms with Gasteiger partial charge in [0.15, 0.2) is 0 Å². The van der Waals surface area contributed by atoms with Crippen molar-refractivity contribution in [3.05, 3.63) is 12.2 Å². The van der Waals surface area contributed by atoms with Crippen molar-refractivity contribution in [1.82, 2.24) is 0 Å². The fourth-order valence-corrected chi connectivity index (χ4v) is 0.941. The Morgan fingerprint density at radius 3 is 2.36 bits per heavy atom. The molecule has 0 aliphatic rings. The van der Waals surface area contributed by atoms with Gasteiger partial charge in [-0.2, -0.15) is 0 Å². The highest BCUT2D eigenvalue weighted by Gasteiger charge is 2.13. The average molecular weight is 199 g/mol. The van der Waals surface area contributed by atoms with Crippen molar-refractivity contribution in [2.45, 2.75) is 45.6 Å². The molecular formula is C11H19O3. The van der Waals surface area contributed by atoms with E-state index in [4.69, 9.17) is 4.74 Å². The van der Waals surface area contributed by atoms with Crippen LogP contribution in [0.25, 0.3) is 0 Å². The summed E-state index contributed by atoms with van der Waals surface area (Å²) < 4.78 is 4.88. The molecule has 0 unspecified atom stereocenters. The highest BCUT2D eigenvalue weighted by atomic mass is 16.5. The van der Waals surface area contributed by atoms with Crippen LogP contribution in [0.15, 0.2) is 12.2 Å². The lowest BCUT2D eigenvalue weighted by Gasteiger charge is -2.13. The van der Waals surface area contributed by atoms with Gasteiger partial charge in [-0.1, -0.05) is 6.58 Å². The molecule has 81 valence electrons. The van der Waals surface area contributed by atoms with Crippen molar-refractivity contribution in [3.63, 3.8) is 0 Å². The molecule has 0 aromatic rings. The zero-order valence-electron chi connectivity index (χ0n) is 9.26. The van der Waals surface area contributed by atoms with Crippen molar-refractivity contribution in [3.8, 4) is 0 Å². The van der Waals surface area contributed by atoms with Crippen LogP contribution < -0.4 is 0 Å². The highest BCUT2D eigenvalue weighted by molar-refractivity contribution is 5.86. The van der Waals surface area contributed by atoms with E-state index in [1.165, 1.54) is 0 Å². The molecule has 0 bridgehead atoms. The minimum atomic E-state index is -0.877. The maximum atomic E-state index is 11.2. The second-order valence-electron chi connectivity index (χ2n) is 4.13. The summed E-state index contributed by atoms with van der Waals surface area (Å²) >= 11 is 0. The van der Waals surface area contributed by atoms with Crippen LogP contribution in [-0.4, -0.2) is 18.2 Å². The summed E-state index contributed by atoms with van der Waals surface area (Å²) in [6.45, 7) is 8.78. The van der Waals surface area contributed by atoms with Crippen LogP contribution in [0.3, 0.4) is 0 Å². The second kappa shape index (κ2) is 5.81. The first kappa shape index (κ1) is 13.2.